The Labute approximate surface area is 455 Å². The number of anilines is 9. The van der Waals surface area contributed by atoms with Gasteiger partial charge in [0, 0.05) is 48.2 Å². The zero-order chi connectivity index (χ0) is 58.5. The van der Waals surface area contributed by atoms with Crippen LogP contribution in [0.15, 0.2) is 122 Å². The van der Waals surface area contributed by atoms with Gasteiger partial charge in [0.15, 0.2) is 0 Å². The van der Waals surface area contributed by atoms with Crippen molar-refractivity contribution in [3.8, 4) is 11.8 Å². The highest BCUT2D eigenvalue weighted by Gasteiger charge is 2.28. The van der Waals surface area contributed by atoms with Gasteiger partial charge in [0.2, 0.25) is 0 Å². The number of nitrogens with zero attached hydrogens (tertiary/aromatic N) is 8. The summed E-state index contributed by atoms with van der Waals surface area (Å²) in [6.07, 6.45) is 3.30. The summed E-state index contributed by atoms with van der Waals surface area (Å²) in [6, 6.07) is 28.6. The van der Waals surface area contributed by atoms with Gasteiger partial charge in [-0.05, 0) is 84.9 Å². The molecule has 80 heavy (non-hydrogen) atoms. The van der Waals surface area contributed by atoms with Gasteiger partial charge in [-0.2, -0.15) is 8.42 Å². The predicted molar refractivity (Wildman–Crippen MR) is 293 cm³/mol. The van der Waals surface area contributed by atoms with Crippen molar-refractivity contribution in [3.63, 3.8) is 0 Å². The highest BCUT2D eigenvalue weighted by Crippen LogP contribution is 2.42. The Bertz CT molecular complexity index is 3530. The number of benzene rings is 4. The number of aliphatic hydroxyl groups is 4. The summed E-state index contributed by atoms with van der Waals surface area (Å²) in [5.41, 5.74) is 7.88. The second kappa shape index (κ2) is 29.1. The summed E-state index contributed by atoms with van der Waals surface area (Å²) in [5, 5.41) is 105. The maximum atomic E-state index is 11.9. The Morgan fingerprint density at radius 1 is 0.537 bits per heavy atom. The van der Waals surface area contributed by atoms with E-state index in [2.05, 4.69) is 36.8 Å². The molecule has 8 rings (SSSR count). The lowest BCUT2D eigenvalue weighted by Crippen LogP contribution is -2.06. The number of ether oxygens (including phenoxy) is 2. The van der Waals surface area contributed by atoms with Crippen molar-refractivity contribution in [2.75, 3.05) is 85.0 Å². The average molecular weight is 1150 g/mol. The number of aromatic nitrogens is 4. The first-order chi connectivity index (χ1) is 38.1. The SMILES string of the molecule is Nc1ccc(NCCO)cc1.O=S(=O)(O)O.O=[N+]([O-])c1cc([N+](=O)[O-])c(Nc2c(OCCO)nn3ccccc23)cc1Cl.O=[N+]([O-])c1cc([N+](=O)[O-])c(Nc2c(OCCO)nn3ccccc23)cc1Nc1ccc(NCCO)cc1. The summed E-state index contributed by atoms with van der Waals surface area (Å²) in [5.74, 6) is 0.187. The molecule has 0 spiro atoms. The topological polar surface area (TPSA) is 467 Å². The molecule has 0 unspecified atom stereocenters. The van der Waals surface area contributed by atoms with Crippen LogP contribution in [0.3, 0.4) is 0 Å². The highest BCUT2D eigenvalue weighted by molar-refractivity contribution is 7.79. The molecule has 0 amide bonds. The Morgan fingerprint density at radius 3 is 1.31 bits per heavy atom. The molecule has 0 aliphatic carbocycles. The Morgan fingerprint density at radius 2 is 0.912 bits per heavy atom. The molecule has 34 heteroatoms. The summed E-state index contributed by atoms with van der Waals surface area (Å²) < 4.78 is 45.5. The molecule has 0 aliphatic heterocycles. The molecule has 8 aromatic rings. The second-order valence-electron chi connectivity index (χ2n) is 15.6. The number of nitro benzene ring substituents is 4. The molecule has 13 N–H and O–H groups in total. The lowest BCUT2D eigenvalue weighted by molar-refractivity contribution is -0.393. The molecule has 424 valence electrons. The first-order valence-electron chi connectivity index (χ1n) is 22.8. The number of nitrogens with one attached hydrogen (secondary N) is 5. The van der Waals surface area contributed by atoms with Crippen LogP contribution < -0.4 is 41.8 Å². The van der Waals surface area contributed by atoms with E-state index in [1.54, 1.807) is 73.1 Å². The van der Waals surface area contributed by atoms with E-state index in [0.717, 1.165) is 35.3 Å². The van der Waals surface area contributed by atoms with Crippen molar-refractivity contribution in [3.05, 3.63) is 167 Å². The van der Waals surface area contributed by atoms with Gasteiger partial charge in [0.05, 0.1) is 69.3 Å². The van der Waals surface area contributed by atoms with E-state index in [4.69, 9.17) is 64.8 Å². The summed E-state index contributed by atoms with van der Waals surface area (Å²) >= 11 is 5.89. The molecule has 0 radical (unpaired) electrons. The minimum Gasteiger partial charge on any atom is -0.473 e. The fraction of sp³-hybridized carbons (Fsp3) is 0.174. The normalized spacial score (nSPS) is 10.6. The monoisotopic (exact) mass is 1150 g/mol. The van der Waals surface area contributed by atoms with Crippen molar-refractivity contribution < 1.29 is 67.1 Å². The van der Waals surface area contributed by atoms with Gasteiger partial charge in [0.1, 0.15) is 46.7 Å². The van der Waals surface area contributed by atoms with Crippen LogP contribution in [0.1, 0.15) is 0 Å². The van der Waals surface area contributed by atoms with Crippen LogP contribution in [0.5, 0.6) is 11.8 Å². The zero-order valence-corrected chi connectivity index (χ0v) is 42.8. The Balaban J connectivity index is 0.000000237. The molecule has 4 aromatic carbocycles. The molecule has 0 atom stereocenters. The lowest BCUT2D eigenvalue weighted by Gasteiger charge is -2.13. The number of pyridine rings is 2. The molecule has 4 aromatic heterocycles. The average Bonchev–Trinajstić information content (AvgIpc) is 3.95. The van der Waals surface area contributed by atoms with Crippen LogP contribution >= 0.6 is 11.6 Å². The van der Waals surface area contributed by atoms with Gasteiger partial charge in [-0.1, -0.05) is 23.7 Å². The minimum absolute atomic E-state index is 0.0171. The third kappa shape index (κ3) is 17.7. The number of nitrogens with two attached hydrogens (primary N) is 1. The molecule has 0 aliphatic rings. The van der Waals surface area contributed by atoms with E-state index >= 15 is 0 Å². The maximum Gasteiger partial charge on any atom is 0.394 e. The van der Waals surface area contributed by atoms with E-state index in [-0.39, 0.29) is 84.9 Å². The number of nitrogen functional groups attached to an aromatic ring is 1. The Hall–Kier alpha value is -9.74. The number of hydrogen-bond donors (Lipinski definition) is 12. The van der Waals surface area contributed by atoms with E-state index in [1.807, 2.05) is 24.3 Å². The zero-order valence-electron chi connectivity index (χ0n) is 41.2. The van der Waals surface area contributed by atoms with Gasteiger partial charge >= 0.3 is 10.4 Å². The second-order valence-corrected chi connectivity index (χ2v) is 16.9. The standard InChI is InChI=1S/C23H23N7O7.C15H12ClN5O6.C8H12N2O.H2O4S/c31-10-8-24-15-4-6-16(7-5-15)25-17-13-18(21(30(35)36)14-20(17)29(33)34)26-22-19-3-1-2-9-28(19)27-23(22)37-12-11-32;16-9-7-10(13(21(25)26)8-12(9)20(23)24)17-14-11-3-1-2-4-19(11)18-15(14)27-6-5-22;9-7-1-3-8(4-2-7)10-5-6-11;1-5(2,3)4/h1-7,9,13-14,24-26,31-32H,8,10-12H2;1-4,7-8,17,22H,5-6H2;1-4,10-11H,5-6,9H2;(H2,1,2,3,4). The van der Waals surface area contributed by atoms with Crippen LogP contribution in [-0.4, -0.2) is 130 Å². The van der Waals surface area contributed by atoms with Gasteiger partial charge in [-0.3, -0.25) is 49.6 Å². The third-order valence-corrected chi connectivity index (χ3v) is 10.4. The number of halogens is 1. The number of nitro groups is 4. The first-order valence-corrected chi connectivity index (χ1v) is 24.6. The maximum absolute atomic E-state index is 11.9. The van der Waals surface area contributed by atoms with E-state index in [0.29, 0.717) is 29.8 Å². The van der Waals surface area contributed by atoms with Crippen LogP contribution in [0.2, 0.25) is 5.02 Å². The third-order valence-electron chi connectivity index (χ3n) is 10.1. The van der Waals surface area contributed by atoms with Gasteiger partial charge in [0.25, 0.3) is 34.5 Å². The number of rotatable bonds is 22. The van der Waals surface area contributed by atoms with Crippen LogP contribution in [-0.2, 0) is 10.4 Å². The summed E-state index contributed by atoms with van der Waals surface area (Å²) in [6.45, 7) is 0.421. The van der Waals surface area contributed by atoms with Gasteiger partial charge < -0.3 is 62.2 Å². The minimum atomic E-state index is -4.67. The number of aliphatic hydroxyl groups excluding tert-OH is 4. The molecule has 4 heterocycles. The Kier molecular flexibility index (Phi) is 22.3. The fourth-order valence-corrected chi connectivity index (χ4v) is 7.03. The number of fused-ring (bicyclic) bond motifs is 2. The predicted octanol–water partition coefficient (Wildman–Crippen LogP) is 6.35. The number of hydrogen-bond acceptors (Lipinski definition) is 24. The molecular formula is C46H49ClN14O18S. The van der Waals surface area contributed by atoms with E-state index in [9.17, 15) is 40.5 Å². The quantitative estimate of drug-likeness (QED) is 0.0152. The van der Waals surface area contributed by atoms with Crippen LogP contribution in [0.25, 0.3) is 11.0 Å². The highest BCUT2D eigenvalue weighted by atomic mass is 35.5. The van der Waals surface area contributed by atoms with Crippen molar-refractivity contribution >= 4 is 107 Å². The molecule has 0 saturated heterocycles. The van der Waals surface area contributed by atoms with Gasteiger partial charge in [-0.25, -0.2) is 9.03 Å². The van der Waals surface area contributed by atoms with E-state index in [1.165, 1.54) is 15.1 Å². The lowest BCUT2D eigenvalue weighted by atomic mass is 10.1. The largest absolute Gasteiger partial charge is 0.473 e. The van der Waals surface area contributed by atoms with Gasteiger partial charge in [-0.15, -0.1) is 10.2 Å². The molecule has 0 bridgehead atoms. The molecule has 32 nitrogen and oxygen atoms in total. The smallest absolute Gasteiger partial charge is 0.394 e. The van der Waals surface area contributed by atoms with Crippen LogP contribution in [0.4, 0.5) is 73.9 Å². The first kappa shape index (κ1) is 61.1. The molecular weight excluding hydrogens is 1100 g/mol. The fourth-order valence-electron chi connectivity index (χ4n) is 6.80. The van der Waals surface area contributed by atoms with Crippen molar-refractivity contribution in [1.82, 2.24) is 19.2 Å². The van der Waals surface area contributed by atoms with Crippen molar-refractivity contribution in [2.24, 2.45) is 0 Å². The van der Waals surface area contributed by atoms with Crippen LogP contribution in [0, 0.1) is 40.5 Å². The summed E-state index contributed by atoms with van der Waals surface area (Å²) in [4.78, 5) is 43.0. The molecule has 0 saturated carbocycles. The summed E-state index contributed by atoms with van der Waals surface area (Å²) in [7, 11) is -4.67. The van der Waals surface area contributed by atoms with Crippen molar-refractivity contribution in [1.29, 1.82) is 0 Å². The van der Waals surface area contributed by atoms with Crippen molar-refractivity contribution in [2.45, 2.75) is 0 Å². The molecule has 0 fully saturated rings. The van der Waals surface area contributed by atoms with E-state index < -0.39 is 52.8 Å².